The number of pyridine rings is 1. The highest BCUT2D eigenvalue weighted by atomic mass is 16.6. The van der Waals surface area contributed by atoms with Crippen LogP contribution in [0.2, 0.25) is 0 Å². The van der Waals surface area contributed by atoms with Crippen molar-refractivity contribution in [2.24, 2.45) is 0 Å². The van der Waals surface area contributed by atoms with Crippen molar-refractivity contribution in [3.63, 3.8) is 0 Å². The van der Waals surface area contributed by atoms with Crippen molar-refractivity contribution in [3.8, 4) is 0 Å². The number of hydrogen-bond donors (Lipinski definition) is 0. The fraction of sp³-hybridized carbons (Fsp3) is 0.417. The van der Waals surface area contributed by atoms with Crippen LogP contribution in [0.5, 0.6) is 0 Å². The van der Waals surface area contributed by atoms with Gasteiger partial charge in [0.15, 0.2) is 5.78 Å². The SMILES string of the molecule is CCOC(=O)C1O[C@@H](c2ccncc2)CC1=O. The number of esters is 1. The van der Waals surface area contributed by atoms with Gasteiger partial charge in [0.05, 0.1) is 12.7 Å². The maximum atomic E-state index is 11.6. The van der Waals surface area contributed by atoms with Gasteiger partial charge in [-0.15, -0.1) is 0 Å². The Balaban J connectivity index is 2.07. The molecule has 17 heavy (non-hydrogen) atoms. The molecule has 5 nitrogen and oxygen atoms in total. The quantitative estimate of drug-likeness (QED) is 0.578. The van der Waals surface area contributed by atoms with Crippen LogP contribution in [-0.4, -0.2) is 29.4 Å². The lowest BCUT2D eigenvalue weighted by molar-refractivity contribution is -0.158. The standard InChI is InChI=1S/C12H13NO4/c1-2-16-12(15)11-9(14)7-10(17-11)8-3-5-13-6-4-8/h3-6,10-11H,2,7H2,1H3/t10-,11?/m1/s1. The molecule has 0 amide bonds. The predicted octanol–water partition coefficient (Wildman–Crippen LogP) is 1.04. The second-order valence-corrected chi connectivity index (χ2v) is 3.71. The van der Waals surface area contributed by atoms with E-state index in [0.717, 1.165) is 5.56 Å². The van der Waals surface area contributed by atoms with Crippen LogP contribution in [0, 0.1) is 0 Å². The number of nitrogens with zero attached hydrogens (tertiary/aromatic N) is 1. The highest BCUT2D eigenvalue weighted by molar-refractivity contribution is 6.03. The van der Waals surface area contributed by atoms with E-state index < -0.39 is 12.1 Å². The first kappa shape index (κ1) is 11.7. The van der Waals surface area contributed by atoms with Gasteiger partial charge in [-0.3, -0.25) is 9.78 Å². The zero-order chi connectivity index (χ0) is 12.3. The topological polar surface area (TPSA) is 65.5 Å². The Kier molecular flexibility index (Phi) is 3.49. The molecule has 2 heterocycles. The minimum Gasteiger partial charge on any atom is -0.464 e. The van der Waals surface area contributed by atoms with E-state index in [1.807, 2.05) is 0 Å². The number of carbonyl (C=O) groups excluding carboxylic acids is 2. The minimum absolute atomic E-state index is 0.202. The van der Waals surface area contributed by atoms with Gasteiger partial charge in [-0.05, 0) is 24.6 Å². The smallest absolute Gasteiger partial charge is 0.343 e. The van der Waals surface area contributed by atoms with Gasteiger partial charge in [0.1, 0.15) is 0 Å². The summed E-state index contributed by atoms with van der Waals surface area (Å²) >= 11 is 0. The number of aromatic nitrogens is 1. The average Bonchev–Trinajstić information content (AvgIpc) is 2.73. The van der Waals surface area contributed by atoms with Gasteiger partial charge >= 0.3 is 5.97 Å². The molecule has 1 unspecified atom stereocenters. The monoisotopic (exact) mass is 235 g/mol. The molecular formula is C12H13NO4. The van der Waals surface area contributed by atoms with E-state index in [0.29, 0.717) is 0 Å². The summed E-state index contributed by atoms with van der Waals surface area (Å²) in [4.78, 5) is 27.0. The van der Waals surface area contributed by atoms with Crippen molar-refractivity contribution in [2.45, 2.75) is 25.6 Å². The maximum Gasteiger partial charge on any atom is 0.343 e. The zero-order valence-corrected chi connectivity index (χ0v) is 9.46. The van der Waals surface area contributed by atoms with Gasteiger partial charge in [-0.25, -0.2) is 4.79 Å². The number of rotatable bonds is 3. The molecule has 0 saturated carbocycles. The summed E-state index contributed by atoms with van der Waals surface area (Å²) in [6.07, 6.45) is 2.00. The van der Waals surface area contributed by atoms with Crippen LogP contribution in [0.25, 0.3) is 0 Å². The van der Waals surface area contributed by atoms with Crippen LogP contribution in [-0.2, 0) is 19.1 Å². The lowest BCUT2D eigenvalue weighted by atomic mass is 10.1. The largest absolute Gasteiger partial charge is 0.464 e. The molecule has 1 fully saturated rings. The Labute approximate surface area is 98.7 Å². The third kappa shape index (κ3) is 2.50. The summed E-state index contributed by atoms with van der Waals surface area (Å²) in [5, 5.41) is 0. The second kappa shape index (κ2) is 5.05. The first-order valence-corrected chi connectivity index (χ1v) is 5.47. The van der Waals surface area contributed by atoms with Crippen LogP contribution in [0.4, 0.5) is 0 Å². The third-order valence-electron chi connectivity index (χ3n) is 2.56. The Morgan fingerprint density at radius 3 is 2.88 bits per heavy atom. The maximum absolute atomic E-state index is 11.6. The van der Waals surface area contributed by atoms with Crippen LogP contribution in [0.1, 0.15) is 25.0 Å². The van der Waals surface area contributed by atoms with Crippen molar-refractivity contribution < 1.29 is 19.1 Å². The lowest BCUT2D eigenvalue weighted by Crippen LogP contribution is -2.28. The van der Waals surface area contributed by atoms with Gasteiger partial charge in [-0.1, -0.05) is 0 Å². The molecular weight excluding hydrogens is 222 g/mol. The normalized spacial score (nSPS) is 23.7. The molecule has 90 valence electrons. The van der Waals surface area contributed by atoms with E-state index in [4.69, 9.17) is 9.47 Å². The summed E-state index contributed by atoms with van der Waals surface area (Å²) in [5.74, 6) is -0.834. The molecule has 1 aromatic rings. The van der Waals surface area contributed by atoms with Crippen molar-refractivity contribution in [1.29, 1.82) is 0 Å². The Bertz CT molecular complexity index is 418. The highest BCUT2D eigenvalue weighted by Gasteiger charge is 2.40. The van der Waals surface area contributed by atoms with E-state index in [1.54, 1.807) is 31.5 Å². The first-order valence-electron chi connectivity index (χ1n) is 5.47. The van der Waals surface area contributed by atoms with Crippen LogP contribution >= 0.6 is 0 Å². The molecule has 5 heteroatoms. The lowest BCUT2D eigenvalue weighted by Gasteiger charge is -2.11. The third-order valence-corrected chi connectivity index (χ3v) is 2.56. The van der Waals surface area contributed by atoms with E-state index in [-0.39, 0.29) is 24.9 Å². The summed E-state index contributed by atoms with van der Waals surface area (Å²) in [7, 11) is 0. The van der Waals surface area contributed by atoms with Gasteiger partial charge in [0.25, 0.3) is 0 Å². The number of Topliss-reactive ketones (excluding diaryl/α,β-unsaturated/α-hetero) is 1. The zero-order valence-electron chi connectivity index (χ0n) is 9.46. The fourth-order valence-corrected chi connectivity index (χ4v) is 1.76. The summed E-state index contributed by atoms with van der Waals surface area (Å²) in [5.41, 5.74) is 0.847. The van der Waals surface area contributed by atoms with Crippen molar-refractivity contribution in [3.05, 3.63) is 30.1 Å². The van der Waals surface area contributed by atoms with Gasteiger partial charge in [-0.2, -0.15) is 0 Å². The highest BCUT2D eigenvalue weighted by Crippen LogP contribution is 2.30. The Hall–Kier alpha value is -1.75. The Morgan fingerprint density at radius 1 is 1.53 bits per heavy atom. The molecule has 0 aliphatic carbocycles. The molecule has 0 bridgehead atoms. The van der Waals surface area contributed by atoms with Gasteiger partial charge in [0.2, 0.25) is 6.10 Å². The number of hydrogen-bond acceptors (Lipinski definition) is 5. The molecule has 2 rings (SSSR count). The molecule has 0 aromatic carbocycles. The summed E-state index contributed by atoms with van der Waals surface area (Å²) < 4.78 is 10.2. The number of ether oxygens (including phenoxy) is 2. The van der Waals surface area contributed by atoms with E-state index >= 15 is 0 Å². The molecule has 1 aliphatic rings. The Morgan fingerprint density at radius 2 is 2.24 bits per heavy atom. The van der Waals surface area contributed by atoms with Crippen LogP contribution in [0.15, 0.2) is 24.5 Å². The molecule has 0 radical (unpaired) electrons. The summed E-state index contributed by atoms with van der Waals surface area (Å²) in [6.45, 7) is 1.93. The predicted molar refractivity (Wildman–Crippen MR) is 58.1 cm³/mol. The van der Waals surface area contributed by atoms with Gasteiger partial charge < -0.3 is 9.47 Å². The number of carbonyl (C=O) groups is 2. The van der Waals surface area contributed by atoms with Crippen molar-refractivity contribution >= 4 is 11.8 Å². The molecule has 1 aromatic heterocycles. The van der Waals surface area contributed by atoms with E-state index in [1.165, 1.54) is 0 Å². The van der Waals surface area contributed by atoms with Crippen molar-refractivity contribution in [1.82, 2.24) is 4.98 Å². The average molecular weight is 235 g/mol. The van der Waals surface area contributed by atoms with Crippen LogP contribution < -0.4 is 0 Å². The van der Waals surface area contributed by atoms with E-state index in [9.17, 15) is 9.59 Å². The van der Waals surface area contributed by atoms with Crippen molar-refractivity contribution in [2.75, 3.05) is 6.61 Å². The second-order valence-electron chi connectivity index (χ2n) is 3.71. The molecule has 1 aliphatic heterocycles. The number of ketones is 1. The fourth-order valence-electron chi connectivity index (χ4n) is 1.76. The van der Waals surface area contributed by atoms with Crippen LogP contribution in [0.3, 0.4) is 0 Å². The van der Waals surface area contributed by atoms with Gasteiger partial charge in [0, 0.05) is 18.8 Å². The molecule has 0 N–H and O–H groups in total. The molecule has 0 spiro atoms. The molecule has 1 saturated heterocycles. The molecule has 2 atom stereocenters. The first-order chi connectivity index (χ1) is 8.22. The van der Waals surface area contributed by atoms with E-state index in [2.05, 4.69) is 4.98 Å². The summed E-state index contributed by atoms with van der Waals surface area (Å²) in [6, 6.07) is 3.54. The minimum atomic E-state index is -1.08.